The Morgan fingerprint density at radius 1 is 1.27 bits per heavy atom. The van der Waals surface area contributed by atoms with Gasteiger partial charge in [-0.25, -0.2) is 4.79 Å². The maximum Gasteiger partial charge on any atom is 0.409 e. The Bertz CT molecular complexity index is 776. The molecule has 0 spiro atoms. The molecule has 0 aromatic heterocycles. The van der Waals surface area contributed by atoms with Crippen LogP contribution in [0.1, 0.15) is 11.1 Å². The number of hydrogen-bond donors (Lipinski definition) is 1. The molecular formula is C20H23N3O3. The maximum atomic E-state index is 12.3. The van der Waals surface area contributed by atoms with Crippen molar-refractivity contribution >= 4 is 23.9 Å². The normalized spacial score (nSPS) is 15.3. The molecule has 1 aliphatic heterocycles. The first-order valence-electron chi connectivity index (χ1n) is 8.58. The number of fused-ring (bicyclic) bond motifs is 1. The molecule has 2 aromatic rings. The van der Waals surface area contributed by atoms with Crippen LogP contribution in [-0.2, 0) is 22.6 Å². The molecule has 26 heavy (non-hydrogen) atoms. The highest BCUT2D eigenvalue weighted by Gasteiger charge is 2.30. The molecule has 0 saturated heterocycles. The van der Waals surface area contributed by atoms with E-state index in [0.717, 1.165) is 35.3 Å². The van der Waals surface area contributed by atoms with Crippen molar-refractivity contribution in [3.63, 3.8) is 0 Å². The third-order valence-electron chi connectivity index (χ3n) is 4.63. The molecule has 6 nitrogen and oxygen atoms in total. The minimum atomic E-state index is -0.399. The molecule has 0 radical (unpaired) electrons. The highest BCUT2D eigenvalue weighted by atomic mass is 16.6. The summed E-state index contributed by atoms with van der Waals surface area (Å²) in [6, 6.07) is 15.4. The third kappa shape index (κ3) is 3.79. The minimum absolute atomic E-state index is 0.0719. The number of hydrogen-bond acceptors (Lipinski definition) is 4. The lowest BCUT2D eigenvalue weighted by Gasteiger charge is -2.26. The molecule has 3 rings (SSSR count). The summed E-state index contributed by atoms with van der Waals surface area (Å²) in [5.41, 5.74) is 3.97. The number of benzene rings is 2. The summed E-state index contributed by atoms with van der Waals surface area (Å²) >= 11 is 0. The standard InChI is InChI=1S/C20H23N3O3/c1-21-17-9-7-15(8-10-17)13-26-20(25)22(2)12-18-11-16-5-3-4-6-19(16)23(18)14-24/h3-10,14,18,21H,11-13H2,1-2H3. The number of rotatable bonds is 6. The van der Waals surface area contributed by atoms with Crippen molar-refractivity contribution in [3.8, 4) is 0 Å². The van der Waals surface area contributed by atoms with Crippen molar-refractivity contribution in [2.45, 2.75) is 19.1 Å². The lowest BCUT2D eigenvalue weighted by atomic mass is 10.1. The van der Waals surface area contributed by atoms with Gasteiger partial charge in [-0.15, -0.1) is 0 Å². The summed E-state index contributed by atoms with van der Waals surface area (Å²) < 4.78 is 5.38. The van der Waals surface area contributed by atoms with Crippen LogP contribution < -0.4 is 10.2 Å². The fourth-order valence-electron chi connectivity index (χ4n) is 3.19. The van der Waals surface area contributed by atoms with Crippen molar-refractivity contribution in [1.82, 2.24) is 4.90 Å². The molecule has 1 aliphatic rings. The van der Waals surface area contributed by atoms with Crippen LogP contribution >= 0.6 is 0 Å². The second-order valence-electron chi connectivity index (χ2n) is 6.38. The largest absolute Gasteiger partial charge is 0.445 e. The average Bonchev–Trinajstić information content (AvgIpc) is 3.03. The molecule has 6 heteroatoms. The number of likely N-dealkylation sites (N-methyl/N-ethyl adjacent to an activating group) is 1. The zero-order valence-electron chi connectivity index (χ0n) is 15.0. The van der Waals surface area contributed by atoms with Crippen molar-refractivity contribution in [3.05, 3.63) is 59.7 Å². The van der Waals surface area contributed by atoms with Crippen LogP contribution in [0.15, 0.2) is 48.5 Å². The van der Waals surface area contributed by atoms with E-state index in [4.69, 9.17) is 4.74 Å². The lowest BCUT2D eigenvalue weighted by molar-refractivity contribution is -0.107. The Morgan fingerprint density at radius 3 is 2.69 bits per heavy atom. The Kier molecular flexibility index (Phi) is 5.41. The molecule has 1 atom stereocenters. The first-order valence-corrected chi connectivity index (χ1v) is 8.58. The first kappa shape index (κ1) is 17.8. The lowest BCUT2D eigenvalue weighted by Crippen LogP contribution is -2.42. The van der Waals surface area contributed by atoms with E-state index in [0.29, 0.717) is 6.54 Å². The van der Waals surface area contributed by atoms with Crippen LogP contribution in [0.4, 0.5) is 16.2 Å². The van der Waals surface area contributed by atoms with Gasteiger partial charge in [-0.3, -0.25) is 4.79 Å². The van der Waals surface area contributed by atoms with Gasteiger partial charge < -0.3 is 19.9 Å². The van der Waals surface area contributed by atoms with Crippen LogP contribution in [0.25, 0.3) is 0 Å². The number of carbonyl (C=O) groups is 2. The van der Waals surface area contributed by atoms with Crippen molar-refractivity contribution < 1.29 is 14.3 Å². The molecule has 1 heterocycles. The number of nitrogens with one attached hydrogen (secondary N) is 1. The van der Waals surface area contributed by atoms with E-state index in [1.54, 1.807) is 11.9 Å². The molecule has 1 unspecified atom stereocenters. The predicted molar refractivity (Wildman–Crippen MR) is 101 cm³/mol. The number of carbonyl (C=O) groups excluding carboxylic acids is 2. The zero-order valence-corrected chi connectivity index (χ0v) is 15.0. The van der Waals surface area contributed by atoms with Gasteiger partial charge in [0.1, 0.15) is 6.61 Å². The highest BCUT2D eigenvalue weighted by molar-refractivity contribution is 5.81. The van der Waals surface area contributed by atoms with Gasteiger partial charge >= 0.3 is 6.09 Å². The molecule has 0 fully saturated rings. The van der Waals surface area contributed by atoms with E-state index < -0.39 is 6.09 Å². The molecule has 2 amide bonds. The quantitative estimate of drug-likeness (QED) is 0.811. The molecule has 136 valence electrons. The summed E-state index contributed by atoms with van der Waals surface area (Å²) in [5, 5.41) is 3.05. The summed E-state index contributed by atoms with van der Waals surface area (Å²) in [6.45, 7) is 0.639. The van der Waals surface area contributed by atoms with E-state index in [-0.39, 0.29) is 12.6 Å². The molecule has 0 bridgehead atoms. The first-order chi connectivity index (χ1) is 12.6. The monoisotopic (exact) mass is 353 g/mol. The fourth-order valence-corrected chi connectivity index (χ4v) is 3.19. The van der Waals surface area contributed by atoms with Gasteiger partial charge in [0, 0.05) is 32.0 Å². The number of ether oxygens (including phenoxy) is 1. The van der Waals surface area contributed by atoms with Gasteiger partial charge in [-0.05, 0) is 35.7 Å². The van der Waals surface area contributed by atoms with E-state index in [1.165, 1.54) is 4.90 Å². The summed E-state index contributed by atoms with van der Waals surface area (Å²) in [6.07, 6.45) is 1.17. The second kappa shape index (κ2) is 7.91. The fraction of sp³-hybridized carbons (Fsp3) is 0.300. The smallest absolute Gasteiger partial charge is 0.409 e. The van der Waals surface area contributed by atoms with Crippen molar-refractivity contribution in [1.29, 1.82) is 0 Å². The minimum Gasteiger partial charge on any atom is -0.445 e. The maximum absolute atomic E-state index is 12.3. The molecule has 0 saturated carbocycles. The van der Waals surface area contributed by atoms with Gasteiger partial charge in [0.05, 0.1) is 6.04 Å². The molecule has 1 N–H and O–H groups in total. The van der Waals surface area contributed by atoms with E-state index in [9.17, 15) is 9.59 Å². The molecular weight excluding hydrogens is 330 g/mol. The third-order valence-corrected chi connectivity index (χ3v) is 4.63. The number of para-hydroxylation sites is 1. The van der Waals surface area contributed by atoms with Gasteiger partial charge in [-0.1, -0.05) is 30.3 Å². The van der Waals surface area contributed by atoms with Crippen LogP contribution in [-0.4, -0.2) is 44.1 Å². The zero-order chi connectivity index (χ0) is 18.5. The summed E-state index contributed by atoms with van der Waals surface area (Å²) in [7, 11) is 3.55. The van der Waals surface area contributed by atoms with Crippen LogP contribution in [0, 0.1) is 0 Å². The Balaban J connectivity index is 1.55. The average molecular weight is 353 g/mol. The Morgan fingerprint density at radius 2 is 2.00 bits per heavy atom. The molecule has 0 aliphatic carbocycles. The molecule has 2 aromatic carbocycles. The predicted octanol–water partition coefficient (Wildman–Crippen LogP) is 2.88. The number of anilines is 2. The van der Waals surface area contributed by atoms with Crippen LogP contribution in [0.3, 0.4) is 0 Å². The van der Waals surface area contributed by atoms with Gasteiger partial charge in [0.15, 0.2) is 0 Å². The van der Waals surface area contributed by atoms with Gasteiger partial charge in [0.2, 0.25) is 6.41 Å². The summed E-state index contributed by atoms with van der Waals surface area (Å²) in [4.78, 5) is 27.0. The second-order valence-corrected chi connectivity index (χ2v) is 6.38. The van der Waals surface area contributed by atoms with Crippen molar-refractivity contribution in [2.75, 3.05) is 30.9 Å². The number of nitrogens with zero attached hydrogens (tertiary/aromatic N) is 2. The summed E-state index contributed by atoms with van der Waals surface area (Å²) in [5.74, 6) is 0. The van der Waals surface area contributed by atoms with E-state index in [2.05, 4.69) is 5.32 Å². The van der Waals surface area contributed by atoms with Crippen molar-refractivity contribution in [2.24, 2.45) is 0 Å². The highest BCUT2D eigenvalue weighted by Crippen LogP contribution is 2.30. The van der Waals surface area contributed by atoms with E-state index in [1.807, 2.05) is 55.6 Å². The van der Waals surface area contributed by atoms with E-state index >= 15 is 0 Å². The Labute approximate surface area is 153 Å². The Hall–Kier alpha value is -3.02. The van der Waals surface area contributed by atoms with Gasteiger partial charge in [0.25, 0.3) is 0 Å². The topological polar surface area (TPSA) is 61.9 Å². The van der Waals surface area contributed by atoms with Gasteiger partial charge in [-0.2, -0.15) is 0 Å². The number of amides is 2. The van der Waals surface area contributed by atoms with Crippen LogP contribution in [0.5, 0.6) is 0 Å². The van der Waals surface area contributed by atoms with Crippen LogP contribution in [0.2, 0.25) is 0 Å². The SMILES string of the molecule is CNc1ccc(COC(=O)N(C)CC2Cc3ccccc3N2C=O)cc1.